The van der Waals surface area contributed by atoms with Gasteiger partial charge in [0.15, 0.2) is 5.65 Å². The van der Waals surface area contributed by atoms with Crippen molar-refractivity contribution in [3.63, 3.8) is 0 Å². The van der Waals surface area contributed by atoms with Gasteiger partial charge in [-0.15, -0.1) is 0 Å². The average Bonchev–Trinajstić information content (AvgIpc) is 3.67. The quantitative estimate of drug-likeness (QED) is 0.180. The van der Waals surface area contributed by atoms with Crippen LogP contribution >= 0.6 is 0 Å². The number of rotatable bonds is 10. The number of amides is 1. The second-order valence-corrected chi connectivity index (χ2v) is 13.4. The van der Waals surface area contributed by atoms with E-state index in [9.17, 15) is 18.3 Å². The first-order valence-corrected chi connectivity index (χ1v) is 16.4. The summed E-state index contributed by atoms with van der Waals surface area (Å²) in [7, 11) is 1.43. The molecule has 12 heteroatoms. The number of nitrogen functional groups attached to an aromatic ring is 1. The smallest absolute Gasteiger partial charge is 0.407 e. The van der Waals surface area contributed by atoms with Gasteiger partial charge in [0.05, 0.1) is 17.1 Å². The van der Waals surface area contributed by atoms with Crippen molar-refractivity contribution in [1.82, 2.24) is 28.5 Å². The third kappa shape index (κ3) is 6.33. The normalized spacial score (nSPS) is 11.7. The monoisotopic (exact) mass is 649 g/mol. The number of nitrogens with two attached hydrogens (primary N) is 1. The van der Waals surface area contributed by atoms with E-state index < -0.39 is 16.1 Å². The predicted octanol–water partition coefficient (Wildman–Crippen LogP) is 5.72. The summed E-state index contributed by atoms with van der Waals surface area (Å²) in [5.74, 6) is 0. The molecule has 3 N–H and O–H groups in total. The number of nitrogens with zero attached hydrogens (tertiary/aromatic N) is 6. The maximum absolute atomic E-state index is 14.3. The van der Waals surface area contributed by atoms with E-state index in [2.05, 4.69) is 9.88 Å². The van der Waals surface area contributed by atoms with Crippen LogP contribution in [0.4, 0.5) is 10.5 Å². The zero-order chi connectivity index (χ0) is 33.3. The zero-order valence-corrected chi connectivity index (χ0v) is 27.1. The minimum Gasteiger partial charge on any atom is -0.465 e. The predicted molar refractivity (Wildman–Crippen MR) is 183 cm³/mol. The molecule has 240 valence electrons. The molecule has 3 heterocycles. The van der Waals surface area contributed by atoms with Crippen molar-refractivity contribution >= 4 is 32.8 Å². The van der Waals surface area contributed by atoms with E-state index >= 15 is 0 Å². The molecule has 0 saturated carbocycles. The third-order valence-corrected chi connectivity index (χ3v) is 9.64. The Morgan fingerprint density at radius 3 is 2.23 bits per heavy atom. The minimum absolute atomic E-state index is 0.146. The van der Waals surface area contributed by atoms with Crippen molar-refractivity contribution in [1.29, 1.82) is 0 Å². The number of anilines is 1. The Hall–Kier alpha value is -5.46. The molecule has 0 aliphatic rings. The summed E-state index contributed by atoms with van der Waals surface area (Å²) >= 11 is 0. The molecular weight excluding hydrogens is 614 g/mol. The number of likely N-dealkylation sites (N-methyl/N-ethyl adjacent to an activating group) is 1. The highest BCUT2D eigenvalue weighted by Gasteiger charge is 2.27. The molecular formula is C35H35N7O4S. The first kappa shape index (κ1) is 31.5. The number of benzene rings is 3. The van der Waals surface area contributed by atoms with Crippen molar-refractivity contribution in [3.8, 4) is 33.6 Å². The van der Waals surface area contributed by atoms with Gasteiger partial charge in [0.25, 0.3) is 10.0 Å². The summed E-state index contributed by atoms with van der Waals surface area (Å²) in [6.07, 6.45) is 2.42. The van der Waals surface area contributed by atoms with E-state index in [1.165, 1.54) is 15.9 Å². The zero-order valence-electron chi connectivity index (χ0n) is 26.3. The minimum atomic E-state index is -4.07. The van der Waals surface area contributed by atoms with Crippen LogP contribution in [0, 0.1) is 0 Å². The maximum Gasteiger partial charge on any atom is 0.407 e. The lowest BCUT2D eigenvalue weighted by Crippen LogP contribution is -2.28. The van der Waals surface area contributed by atoms with Crippen LogP contribution in [-0.4, -0.2) is 75.8 Å². The van der Waals surface area contributed by atoms with Crippen LogP contribution in [-0.2, 0) is 23.1 Å². The highest BCUT2D eigenvalue weighted by Crippen LogP contribution is 2.39. The second-order valence-electron chi connectivity index (χ2n) is 11.6. The number of aromatic nitrogens is 4. The first-order valence-electron chi connectivity index (χ1n) is 15.0. The highest BCUT2D eigenvalue weighted by atomic mass is 32.2. The number of hydrogen-bond acceptors (Lipinski definition) is 7. The van der Waals surface area contributed by atoms with Crippen LogP contribution in [0.2, 0.25) is 0 Å². The van der Waals surface area contributed by atoms with Gasteiger partial charge in [-0.25, -0.2) is 22.2 Å². The number of hydrogen-bond donors (Lipinski definition) is 2. The van der Waals surface area contributed by atoms with Crippen LogP contribution < -0.4 is 5.73 Å². The van der Waals surface area contributed by atoms with Gasteiger partial charge in [-0.1, -0.05) is 54.6 Å². The van der Waals surface area contributed by atoms with Crippen molar-refractivity contribution in [2.24, 2.45) is 0 Å². The summed E-state index contributed by atoms with van der Waals surface area (Å²) in [6, 6.07) is 27.2. The Kier molecular flexibility index (Phi) is 8.54. The molecule has 0 atom stereocenters. The van der Waals surface area contributed by atoms with Crippen LogP contribution in [0.15, 0.2) is 108 Å². The average molecular weight is 650 g/mol. The lowest BCUT2D eigenvalue weighted by atomic mass is 10.00. The molecule has 47 heavy (non-hydrogen) atoms. The van der Waals surface area contributed by atoms with Crippen molar-refractivity contribution in [2.75, 3.05) is 33.4 Å². The van der Waals surface area contributed by atoms with Crippen molar-refractivity contribution in [3.05, 3.63) is 109 Å². The van der Waals surface area contributed by atoms with E-state index in [1.54, 1.807) is 53.3 Å². The lowest BCUT2D eigenvalue weighted by molar-refractivity contribution is 0.154. The van der Waals surface area contributed by atoms with E-state index in [-0.39, 0.29) is 17.1 Å². The molecule has 1 amide bonds. The van der Waals surface area contributed by atoms with Gasteiger partial charge in [0.2, 0.25) is 0 Å². The van der Waals surface area contributed by atoms with Gasteiger partial charge >= 0.3 is 6.09 Å². The molecule has 0 fully saturated rings. The largest absolute Gasteiger partial charge is 0.465 e. The Labute approximate surface area is 273 Å². The SMILES string of the molecule is CN(C)Cc1ccc(-c2cc3c(-c4cn(CCN(C)C(=O)O)nc4-c4ccc(N)cc4)ccnc3n2S(=O)(=O)c2ccccc2)cc1. The molecule has 0 spiro atoms. The van der Waals surface area contributed by atoms with Gasteiger partial charge < -0.3 is 20.6 Å². The number of carboxylic acid groups (broad SMARTS) is 1. The van der Waals surface area contributed by atoms with Crippen LogP contribution in [0.3, 0.4) is 0 Å². The summed E-state index contributed by atoms with van der Waals surface area (Å²) in [5.41, 5.74) is 12.1. The summed E-state index contributed by atoms with van der Waals surface area (Å²) < 4.78 is 31.7. The molecule has 11 nitrogen and oxygen atoms in total. The molecule has 3 aromatic heterocycles. The first-order chi connectivity index (χ1) is 22.5. The maximum atomic E-state index is 14.3. The highest BCUT2D eigenvalue weighted by molar-refractivity contribution is 7.90. The third-order valence-electron chi connectivity index (χ3n) is 7.92. The fraction of sp³-hybridized carbons (Fsp3) is 0.171. The van der Waals surface area contributed by atoms with Gasteiger partial charge in [0, 0.05) is 54.7 Å². The second kappa shape index (κ2) is 12.7. The van der Waals surface area contributed by atoms with Crippen LogP contribution in [0.25, 0.3) is 44.7 Å². The Bertz CT molecular complexity index is 2160. The molecule has 0 saturated heterocycles. The molecule has 6 rings (SSSR count). The topological polar surface area (TPSA) is 140 Å². The van der Waals surface area contributed by atoms with Crippen molar-refractivity contribution in [2.45, 2.75) is 18.0 Å². The van der Waals surface area contributed by atoms with E-state index in [1.807, 2.05) is 68.8 Å². The molecule has 0 unspecified atom stereocenters. The molecule has 6 aromatic rings. The van der Waals surface area contributed by atoms with E-state index in [4.69, 9.17) is 10.8 Å². The summed E-state index contributed by atoms with van der Waals surface area (Å²) in [5, 5.41) is 14.8. The standard InChI is InChI=1S/C35H35N7O4S/c1-39(2)22-24-9-11-25(12-10-24)32-21-30-29(17-18-37-34(30)42(32)47(45,46)28-7-5-4-6-8-28)31-23-41(20-19-40(3)35(43)44)38-33(31)26-13-15-27(36)16-14-26/h4-18,21,23H,19-20,22,36H2,1-3H3,(H,43,44). The number of pyridine rings is 1. The Morgan fingerprint density at radius 2 is 1.57 bits per heavy atom. The van der Waals surface area contributed by atoms with Crippen LogP contribution in [0.5, 0.6) is 0 Å². The van der Waals surface area contributed by atoms with Gasteiger partial charge in [-0.3, -0.25) is 4.68 Å². The molecule has 3 aromatic carbocycles. The number of fused-ring (bicyclic) bond motifs is 1. The van der Waals surface area contributed by atoms with Crippen LogP contribution in [0.1, 0.15) is 5.56 Å². The molecule has 0 aliphatic carbocycles. The Morgan fingerprint density at radius 1 is 0.894 bits per heavy atom. The van der Waals surface area contributed by atoms with Gasteiger partial charge in [0.1, 0.15) is 5.69 Å². The van der Waals surface area contributed by atoms with Gasteiger partial charge in [-0.2, -0.15) is 5.10 Å². The molecule has 0 bridgehead atoms. The molecule has 0 radical (unpaired) electrons. The lowest BCUT2D eigenvalue weighted by Gasteiger charge is -2.13. The van der Waals surface area contributed by atoms with E-state index in [0.717, 1.165) is 34.4 Å². The number of carbonyl (C=O) groups is 1. The van der Waals surface area contributed by atoms with Crippen molar-refractivity contribution < 1.29 is 18.3 Å². The summed E-state index contributed by atoms with van der Waals surface area (Å²) in [6.45, 7) is 1.29. The summed E-state index contributed by atoms with van der Waals surface area (Å²) in [4.78, 5) is 19.5. The Balaban J connectivity index is 1.58. The fourth-order valence-corrected chi connectivity index (χ4v) is 7.04. The fourth-order valence-electron chi connectivity index (χ4n) is 5.53. The van der Waals surface area contributed by atoms with E-state index in [0.29, 0.717) is 29.0 Å². The van der Waals surface area contributed by atoms with Gasteiger partial charge in [-0.05, 0) is 67.2 Å². The molecule has 0 aliphatic heterocycles.